The monoisotopic (exact) mass is 641 g/mol. The van der Waals surface area contributed by atoms with Crippen molar-refractivity contribution in [3.05, 3.63) is 99.4 Å². The molecular formula is C29H23ClF3N7O3S. The minimum Gasteiger partial charge on any atom is -0.493 e. The van der Waals surface area contributed by atoms with Gasteiger partial charge in [0.1, 0.15) is 12.2 Å². The lowest BCUT2D eigenvalue weighted by atomic mass is 10.1. The topological polar surface area (TPSA) is 118 Å². The van der Waals surface area contributed by atoms with Crippen molar-refractivity contribution in [1.82, 2.24) is 13.9 Å². The second-order valence-corrected chi connectivity index (χ2v) is 10.4. The molecule has 44 heavy (non-hydrogen) atoms. The molecule has 2 aromatic heterocycles. The molecule has 0 atom stereocenters. The van der Waals surface area contributed by atoms with Gasteiger partial charge in [0, 0.05) is 17.5 Å². The third-order valence-corrected chi connectivity index (χ3v) is 7.23. The SMILES string of the molecule is Cc1c(NC(=S)N=Nc2c(O)n(CC(=O)Nc3ccccc3C(F)(F)F)c3ccc(Cl)cc23)c(=O)n(-c2ccccc2)n1C. The molecule has 1 amide bonds. The molecule has 5 rings (SSSR count). The summed E-state index contributed by atoms with van der Waals surface area (Å²) in [6.45, 7) is 1.17. The number of halogens is 4. The summed E-state index contributed by atoms with van der Waals surface area (Å²) < 4.78 is 44.5. The number of amides is 1. The van der Waals surface area contributed by atoms with Crippen molar-refractivity contribution in [2.75, 3.05) is 10.6 Å². The van der Waals surface area contributed by atoms with Crippen molar-refractivity contribution in [2.24, 2.45) is 17.3 Å². The van der Waals surface area contributed by atoms with Crippen LogP contribution < -0.4 is 16.2 Å². The maximum Gasteiger partial charge on any atom is 0.418 e. The molecule has 10 nitrogen and oxygen atoms in total. The number of thiocarbonyl (C=S) groups is 1. The highest BCUT2D eigenvalue weighted by Crippen LogP contribution is 2.40. The van der Waals surface area contributed by atoms with Crippen molar-refractivity contribution >= 4 is 62.8 Å². The zero-order valence-electron chi connectivity index (χ0n) is 23.1. The first-order chi connectivity index (χ1) is 20.9. The van der Waals surface area contributed by atoms with E-state index >= 15 is 0 Å². The maximum absolute atomic E-state index is 13.4. The number of nitrogens with one attached hydrogen (secondary N) is 2. The average molecular weight is 642 g/mol. The number of aromatic hydroxyl groups is 1. The Hall–Kier alpha value is -4.95. The molecule has 226 valence electrons. The molecule has 3 N–H and O–H groups in total. The molecule has 0 bridgehead atoms. The van der Waals surface area contributed by atoms with Crippen LogP contribution in [0.25, 0.3) is 16.6 Å². The first-order valence-corrected chi connectivity index (χ1v) is 13.7. The fraction of sp³-hybridized carbons (Fsp3) is 0.138. The van der Waals surface area contributed by atoms with Gasteiger partial charge < -0.3 is 20.3 Å². The lowest BCUT2D eigenvalue weighted by molar-refractivity contribution is -0.137. The Bertz CT molecular complexity index is 2000. The minimum absolute atomic E-state index is 0.0957. The molecule has 0 aliphatic rings. The normalized spacial score (nSPS) is 11.8. The summed E-state index contributed by atoms with van der Waals surface area (Å²) in [4.78, 5) is 26.0. The van der Waals surface area contributed by atoms with Crippen LogP contribution >= 0.6 is 23.8 Å². The van der Waals surface area contributed by atoms with Gasteiger partial charge in [-0.1, -0.05) is 41.9 Å². The average Bonchev–Trinajstić information content (AvgIpc) is 3.35. The molecule has 0 saturated carbocycles. The van der Waals surface area contributed by atoms with Gasteiger partial charge in [0.05, 0.1) is 28.1 Å². The summed E-state index contributed by atoms with van der Waals surface area (Å²) in [5.74, 6) is -1.34. The Kier molecular flexibility index (Phi) is 8.30. The van der Waals surface area contributed by atoms with E-state index in [1.54, 1.807) is 42.9 Å². The molecule has 3 aromatic carbocycles. The zero-order valence-corrected chi connectivity index (χ0v) is 24.6. The van der Waals surface area contributed by atoms with Gasteiger partial charge in [0.15, 0.2) is 5.69 Å². The number of hydrogen-bond donors (Lipinski definition) is 3. The predicted octanol–water partition coefficient (Wildman–Crippen LogP) is 6.94. The Balaban J connectivity index is 1.42. The number of benzene rings is 3. The summed E-state index contributed by atoms with van der Waals surface area (Å²) in [6, 6.07) is 18.1. The molecule has 0 radical (unpaired) electrons. The van der Waals surface area contributed by atoms with Gasteiger partial charge in [0.25, 0.3) is 5.56 Å². The van der Waals surface area contributed by atoms with E-state index in [0.29, 0.717) is 22.3 Å². The number of azo groups is 1. The van der Waals surface area contributed by atoms with Gasteiger partial charge in [-0.2, -0.15) is 13.2 Å². The van der Waals surface area contributed by atoms with E-state index < -0.39 is 35.8 Å². The molecule has 0 aliphatic heterocycles. The van der Waals surface area contributed by atoms with Crippen molar-refractivity contribution in [3.63, 3.8) is 0 Å². The predicted molar refractivity (Wildman–Crippen MR) is 165 cm³/mol. The van der Waals surface area contributed by atoms with E-state index in [-0.39, 0.29) is 27.1 Å². The molecule has 0 unspecified atom stereocenters. The third-order valence-electron chi connectivity index (χ3n) is 6.81. The second-order valence-electron chi connectivity index (χ2n) is 9.58. The number of anilines is 2. The molecule has 15 heteroatoms. The molecule has 0 spiro atoms. The summed E-state index contributed by atoms with van der Waals surface area (Å²) in [7, 11) is 1.72. The van der Waals surface area contributed by atoms with Crippen LogP contribution in [0.3, 0.4) is 0 Å². The summed E-state index contributed by atoms with van der Waals surface area (Å²) in [5.41, 5.74) is -0.219. The molecule has 0 saturated heterocycles. The Morgan fingerprint density at radius 1 is 1.05 bits per heavy atom. The van der Waals surface area contributed by atoms with E-state index in [0.717, 1.165) is 16.7 Å². The highest BCUT2D eigenvalue weighted by Gasteiger charge is 2.33. The summed E-state index contributed by atoms with van der Waals surface area (Å²) in [5, 5.41) is 24.5. The summed E-state index contributed by atoms with van der Waals surface area (Å²) in [6.07, 6.45) is -4.68. The van der Waals surface area contributed by atoms with Gasteiger partial charge in [0.2, 0.25) is 16.9 Å². The Morgan fingerprint density at radius 2 is 1.73 bits per heavy atom. The van der Waals surface area contributed by atoms with E-state index in [2.05, 4.69) is 20.9 Å². The standard InChI is InChI=1S/C29H23ClF3N7O3S/c1-16-24(27(43)40(38(16)2)18-8-4-3-5-9-18)35-28(44)37-36-25-19-14-17(30)12-13-22(19)39(26(25)42)15-23(41)34-21-11-7-6-10-20(21)29(31,32)33/h3-14,42H,15H2,1-2H3,(H,34,41)(H,35,44). The number of fused-ring (bicyclic) bond motifs is 1. The number of carbonyl (C=O) groups is 1. The Morgan fingerprint density at radius 3 is 2.43 bits per heavy atom. The van der Waals surface area contributed by atoms with Crippen molar-refractivity contribution in [2.45, 2.75) is 19.6 Å². The van der Waals surface area contributed by atoms with Crippen LogP contribution in [0.4, 0.5) is 30.2 Å². The lowest BCUT2D eigenvalue weighted by Crippen LogP contribution is -2.21. The molecule has 2 heterocycles. The number of aromatic nitrogens is 3. The number of alkyl halides is 3. The number of carbonyl (C=O) groups excluding carboxylic acids is 1. The summed E-state index contributed by atoms with van der Waals surface area (Å²) >= 11 is 11.5. The number of hydrogen-bond acceptors (Lipinski definition) is 5. The molecular weight excluding hydrogens is 619 g/mol. The fourth-order valence-corrected chi connectivity index (χ4v) is 4.98. The highest BCUT2D eigenvalue weighted by molar-refractivity contribution is 7.80. The maximum atomic E-state index is 13.4. The number of nitrogens with zero attached hydrogens (tertiary/aromatic N) is 5. The van der Waals surface area contributed by atoms with Crippen LogP contribution in [-0.4, -0.2) is 30.1 Å². The van der Waals surface area contributed by atoms with Gasteiger partial charge >= 0.3 is 6.18 Å². The highest BCUT2D eigenvalue weighted by atomic mass is 35.5. The van der Waals surface area contributed by atoms with Crippen molar-refractivity contribution in [1.29, 1.82) is 0 Å². The fourth-order valence-electron chi connectivity index (χ4n) is 4.67. The lowest BCUT2D eigenvalue weighted by Gasteiger charge is -2.14. The zero-order chi connectivity index (χ0) is 31.8. The smallest absolute Gasteiger partial charge is 0.418 e. The van der Waals surface area contributed by atoms with Crippen LogP contribution in [0.5, 0.6) is 5.88 Å². The van der Waals surface area contributed by atoms with Gasteiger partial charge in [-0.25, -0.2) is 4.68 Å². The van der Waals surface area contributed by atoms with E-state index in [9.17, 15) is 27.9 Å². The van der Waals surface area contributed by atoms with Crippen molar-refractivity contribution in [3.8, 4) is 11.6 Å². The van der Waals surface area contributed by atoms with Crippen LogP contribution in [0, 0.1) is 6.92 Å². The third kappa shape index (κ3) is 5.94. The number of rotatable bonds is 6. The van der Waals surface area contributed by atoms with Gasteiger partial charge in [-0.3, -0.25) is 14.3 Å². The Labute approximate surface area is 258 Å². The van der Waals surface area contributed by atoms with Crippen LogP contribution in [-0.2, 0) is 24.6 Å². The first-order valence-electron chi connectivity index (χ1n) is 12.9. The van der Waals surface area contributed by atoms with E-state index in [1.165, 1.54) is 35.0 Å². The second kappa shape index (κ2) is 12.0. The quantitative estimate of drug-likeness (QED) is 0.137. The van der Waals surface area contributed by atoms with Crippen LogP contribution in [0.1, 0.15) is 11.3 Å². The largest absolute Gasteiger partial charge is 0.493 e. The van der Waals surface area contributed by atoms with Crippen LogP contribution in [0.2, 0.25) is 5.02 Å². The van der Waals surface area contributed by atoms with Gasteiger partial charge in [-0.05, 0) is 61.6 Å². The van der Waals surface area contributed by atoms with E-state index in [1.807, 2.05) is 6.07 Å². The molecule has 5 aromatic rings. The molecule has 0 fully saturated rings. The van der Waals surface area contributed by atoms with Gasteiger partial charge in [-0.15, -0.1) is 10.2 Å². The van der Waals surface area contributed by atoms with Crippen molar-refractivity contribution < 1.29 is 23.1 Å². The molecule has 0 aliphatic carbocycles. The first kappa shape index (κ1) is 30.5. The van der Waals surface area contributed by atoms with Crippen LogP contribution in [0.15, 0.2) is 87.8 Å². The minimum atomic E-state index is -4.68. The van der Waals surface area contributed by atoms with E-state index in [4.69, 9.17) is 23.8 Å². The number of para-hydroxylation sites is 2.